The summed E-state index contributed by atoms with van der Waals surface area (Å²) in [7, 11) is -2.90. The van der Waals surface area contributed by atoms with Crippen LogP contribution < -0.4 is 13.2 Å². The fraction of sp³-hybridized carbons (Fsp3) is 0.469. The molecule has 6 nitrogen and oxygen atoms in total. The van der Waals surface area contributed by atoms with Crippen LogP contribution >= 0.6 is 0 Å². The van der Waals surface area contributed by atoms with Gasteiger partial charge in [0.05, 0.1) is 0 Å². The Kier molecular flexibility index (Phi) is 11.4. The lowest BCUT2D eigenvalue weighted by atomic mass is 9.76. The molecule has 0 radical (unpaired) electrons. The molecule has 57 heavy (non-hydrogen) atoms. The fourth-order valence-electron chi connectivity index (χ4n) is 8.51. The van der Waals surface area contributed by atoms with Gasteiger partial charge < -0.3 is 26.4 Å². The summed E-state index contributed by atoms with van der Waals surface area (Å²) < 4.78 is 23.2. The Hall–Kier alpha value is -3.99. The molecule has 0 unspecified atom stereocenters. The van der Waals surface area contributed by atoms with Gasteiger partial charge in [-0.25, -0.2) is 0 Å². The highest BCUT2D eigenvalue weighted by Crippen LogP contribution is 2.52. The van der Waals surface area contributed by atoms with Gasteiger partial charge in [0, 0.05) is 63.0 Å². The topological polar surface area (TPSA) is 36.1 Å². The van der Waals surface area contributed by atoms with Gasteiger partial charge in [0.15, 0.2) is 11.6 Å². The van der Waals surface area contributed by atoms with Crippen LogP contribution in [0.4, 0.5) is 0 Å². The number of para-hydroxylation sites is 2. The highest BCUT2D eigenvalue weighted by atomic mass is 28.2. The molecule has 0 saturated heterocycles. The number of hydrogen-bond donors (Lipinski definition) is 0. The van der Waals surface area contributed by atoms with E-state index in [1.54, 1.807) is 0 Å². The second-order valence-corrected chi connectivity index (χ2v) is 24.1. The molecule has 0 fully saturated rings. The van der Waals surface area contributed by atoms with Crippen molar-refractivity contribution in [1.29, 1.82) is 0 Å². The van der Waals surface area contributed by atoms with Crippen molar-refractivity contribution in [2.24, 2.45) is 0 Å². The normalized spacial score (nSPS) is 14.1. The molecule has 304 valence electrons. The third-order valence-electron chi connectivity index (χ3n) is 10.9. The summed E-state index contributed by atoms with van der Waals surface area (Å²) in [6.07, 6.45) is 0. The molecule has 0 amide bonds. The Morgan fingerprint density at radius 1 is 0.526 bits per heavy atom. The van der Waals surface area contributed by atoms with Crippen molar-refractivity contribution in [2.45, 2.75) is 138 Å². The van der Waals surface area contributed by atoms with Gasteiger partial charge in [0.1, 0.15) is 29.0 Å². The van der Waals surface area contributed by atoms with E-state index >= 15 is 0 Å². The number of fused-ring (bicyclic) bond motifs is 2. The average Bonchev–Trinajstić information content (AvgIpc) is 3.07. The average molecular weight is 801 g/mol. The molecule has 0 aliphatic carbocycles. The van der Waals surface area contributed by atoms with E-state index in [0.717, 1.165) is 24.7 Å². The van der Waals surface area contributed by atoms with E-state index in [-0.39, 0.29) is 27.6 Å². The fourth-order valence-corrected chi connectivity index (χ4v) is 15.1. The second kappa shape index (κ2) is 15.3. The zero-order chi connectivity index (χ0) is 41.9. The molecule has 6 aromatic rings. The third kappa shape index (κ3) is 7.70. The monoisotopic (exact) mass is 800 g/mol. The molecule has 8 heteroatoms. The molecule has 0 spiro atoms. The van der Waals surface area contributed by atoms with Gasteiger partial charge in [-0.15, -0.1) is 0 Å². The summed E-state index contributed by atoms with van der Waals surface area (Å²) in [5.74, 6) is 4.73. The van der Waals surface area contributed by atoms with Crippen LogP contribution in [0.15, 0.2) is 97.1 Å². The van der Waals surface area contributed by atoms with Crippen LogP contribution in [0.3, 0.4) is 0 Å². The lowest BCUT2D eigenvalue weighted by Gasteiger charge is -2.50. The van der Waals surface area contributed by atoms with Gasteiger partial charge in [0.25, 0.3) is 0 Å². The molecule has 1 aliphatic rings. The summed E-state index contributed by atoms with van der Waals surface area (Å²) >= 11 is 0. The maximum absolute atomic E-state index is 7.54. The summed E-state index contributed by atoms with van der Waals surface area (Å²) in [6, 6.07) is 35.8. The third-order valence-corrected chi connectivity index (χ3v) is 17.9. The Morgan fingerprint density at radius 2 is 0.877 bits per heavy atom. The van der Waals surface area contributed by atoms with Crippen molar-refractivity contribution < 1.29 is 17.9 Å². The lowest BCUT2D eigenvalue weighted by Crippen LogP contribution is -2.70. The van der Waals surface area contributed by atoms with Crippen LogP contribution in [-0.4, -0.2) is 39.1 Å². The van der Waals surface area contributed by atoms with E-state index in [9.17, 15) is 0 Å². The second-order valence-electron chi connectivity index (χ2n) is 19.9. The zero-order valence-electron chi connectivity index (χ0n) is 37.8. The summed E-state index contributed by atoms with van der Waals surface area (Å²) in [6.45, 7) is 38.8. The van der Waals surface area contributed by atoms with Crippen LogP contribution in [-0.2, 0) is 32.3 Å². The highest BCUT2D eigenvalue weighted by Gasteiger charge is 2.40. The Morgan fingerprint density at radius 3 is 1.16 bits per heavy atom. The molecule has 0 bridgehead atoms. The van der Waals surface area contributed by atoms with E-state index in [4.69, 9.17) is 9.47 Å². The Balaban J connectivity index is 0.00000103. The minimum atomic E-state index is -1.45. The Labute approximate surface area is 346 Å². The predicted molar refractivity (Wildman–Crippen MR) is 240 cm³/mol. The van der Waals surface area contributed by atoms with Gasteiger partial charge in [-0.05, 0) is 121 Å². The van der Waals surface area contributed by atoms with Crippen molar-refractivity contribution in [2.75, 3.05) is 13.2 Å². The van der Waals surface area contributed by atoms with Crippen molar-refractivity contribution in [1.82, 2.24) is 8.44 Å². The van der Waals surface area contributed by atoms with Gasteiger partial charge in [-0.1, -0.05) is 97.0 Å². The lowest BCUT2D eigenvalue weighted by molar-refractivity contribution is -0.713. The highest BCUT2D eigenvalue weighted by molar-refractivity contribution is 6.55. The first-order valence-electron chi connectivity index (χ1n) is 20.9. The number of nitrogens with zero attached hydrogens (tertiary/aromatic N) is 4. The first-order chi connectivity index (χ1) is 26.6. The maximum atomic E-state index is 7.54. The first-order valence-corrected chi connectivity index (χ1v) is 23.7. The van der Waals surface area contributed by atoms with Crippen molar-refractivity contribution in [3.63, 3.8) is 0 Å². The van der Waals surface area contributed by atoms with Gasteiger partial charge in [-0.2, -0.15) is 0 Å². The van der Waals surface area contributed by atoms with Gasteiger partial charge >= 0.3 is 0 Å². The quantitative estimate of drug-likeness (QED) is 0.157. The van der Waals surface area contributed by atoms with Crippen molar-refractivity contribution in [3.8, 4) is 44.6 Å². The molecular weight excluding hydrogens is 733 g/mol. The van der Waals surface area contributed by atoms with Crippen molar-refractivity contribution >= 4 is 17.5 Å². The maximum Gasteiger partial charge on any atom is 0.152 e. The summed E-state index contributed by atoms with van der Waals surface area (Å²) in [5, 5.41) is 2.64. The van der Waals surface area contributed by atoms with Crippen LogP contribution in [0, 0.1) is 0 Å². The standard InChI is InChI=1S/C45H58N4OSi2.C4H10O/c1-41(2,3)46-39(31-23-17-15-18-24-31)47(42(4,5)6)51(46)35-29-21-27-33-37(35)50-38-34(45(33,13)14)28-22-30-36(38)52-48(43(7,8)9)40(49(52)44(10,11)12)32-25-19-16-20-26-32;1-3-5-4-2/h15-30H,1-14H3;3-4H2,1-2H3. The molecule has 0 saturated carbocycles. The number of rotatable bonds is 6. The number of benzene rings is 4. The molecule has 2 aromatic heterocycles. The van der Waals surface area contributed by atoms with Crippen LogP contribution in [0.25, 0.3) is 33.1 Å². The molecule has 1 aliphatic heterocycles. The molecule has 3 heterocycles. The Bertz CT molecular complexity index is 2110. The van der Waals surface area contributed by atoms with Crippen LogP contribution in [0.1, 0.15) is 122 Å². The van der Waals surface area contributed by atoms with E-state index < -0.39 is 17.5 Å². The first kappa shape index (κ1) is 42.6. The number of hydrogen-bond acceptors (Lipinski definition) is 2. The molecular formula is C49H68N4O2Si2. The molecule has 4 aromatic carbocycles. The smallest absolute Gasteiger partial charge is 0.152 e. The van der Waals surface area contributed by atoms with E-state index in [1.807, 2.05) is 13.8 Å². The predicted octanol–water partition coefficient (Wildman–Crippen LogP) is 11.2. The number of aromatic nitrogens is 4. The van der Waals surface area contributed by atoms with E-state index in [0.29, 0.717) is 0 Å². The summed E-state index contributed by atoms with van der Waals surface area (Å²) in [4.78, 5) is 0. The zero-order valence-corrected chi connectivity index (χ0v) is 39.8. The SMILES string of the molecule is CC1(C)c2cccc(-[si-]3n(C(C)(C)C)c(-c4ccccc4)[n+]3C(C)(C)C)c2Oc2c(-[si-]3n(C(C)(C)C)c(-c4ccccc4)[n+]3C(C)(C)C)cccc21.CCOCC. The molecule has 0 N–H and O–H groups in total. The van der Waals surface area contributed by atoms with Gasteiger partial charge in [0.2, 0.25) is 0 Å². The van der Waals surface area contributed by atoms with E-state index in [2.05, 4.69) is 211 Å². The summed E-state index contributed by atoms with van der Waals surface area (Å²) in [5.41, 5.74) is 4.49. The largest absolute Gasteiger partial charge is 0.462 e. The minimum absolute atomic E-state index is 0.0850. The number of ether oxygens (including phenoxy) is 2. The van der Waals surface area contributed by atoms with Gasteiger partial charge in [-0.3, -0.25) is 0 Å². The molecule has 7 rings (SSSR count). The van der Waals surface area contributed by atoms with Crippen molar-refractivity contribution in [3.05, 3.63) is 108 Å². The van der Waals surface area contributed by atoms with Crippen LogP contribution in [0.2, 0.25) is 0 Å². The van der Waals surface area contributed by atoms with E-state index in [1.165, 1.54) is 44.3 Å². The minimum Gasteiger partial charge on any atom is -0.462 e. The molecule has 0 atom stereocenters. The van der Waals surface area contributed by atoms with Crippen LogP contribution in [0.5, 0.6) is 11.5 Å².